The molecule has 102 valence electrons. The highest BCUT2D eigenvalue weighted by Gasteiger charge is 2.15. The summed E-state index contributed by atoms with van der Waals surface area (Å²) in [5.41, 5.74) is 0.0222. The number of aromatic nitrogens is 1. The lowest BCUT2D eigenvalue weighted by Gasteiger charge is -2.06. The molecule has 0 saturated carbocycles. The molecule has 2 rings (SSSR count). The topological polar surface area (TPSA) is 65.5 Å². The standard InChI is InChI=1S/C14H10ClNO4/c1-19-13(17)10-6-4-7-11(16-10)14(18)20-12-8-3-2-5-9(12)15/h2-8H,1H3. The normalized spacial score (nSPS) is 9.90. The summed E-state index contributed by atoms with van der Waals surface area (Å²) in [7, 11) is 1.23. The van der Waals surface area contributed by atoms with Gasteiger partial charge >= 0.3 is 11.9 Å². The van der Waals surface area contributed by atoms with Crippen molar-refractivity contribution in [3.05, 3.63) is 58.9 Å². The summed E-state index contributed by atoms with van der Waals surface area (Å²) in [5, 5.41) is 0.310. The molecule has 0 radical (unpaired) electrons. The molecule has 0 fully saturated rings. The van der Waals surface area contributed by atoms with Crippen LogP contribution in [0.4, 0.5) is 0 Å². The van der Waals surface area contributed by atoms with Crippen LogP contribution in [0.25, 0.3) is 0 Å². The van der Waals surface area contributed by atoms with E-state index in [4.69, 9.17) is 16.3 Å². The maximum atomic E-state index is 11.9. The van der Waals surface area contributed by atoms with Gasteiger partial charge in [0.25, 0.3) is 0 Å². The number of carbonyl (C=O) groups is 2. The van der Waals surface area contributed by atoms with Gasteiger partial charge in [-0.1, -0.05) is 29.8 Å². The molecule has 0 amide bonds. The van der Waals surface area contributed by atoms with Gasteiger partial charge in [-0.3, -0.25) is 0 Å². The van der Waals surface area contributed by atoms with E-state index in [2.05, 4.69) is 9.72 Å². The van der Waals surface area contributed by atoms with Gasteiger partial charge in [-0.05, 0) is 24.3 Å². The zero-order valence-electron chi connectivity index (χ0n) is 10.5. The van der Waals surface area contributed by atoms with Gasteiger partial charge in [0.05, 0.1) is 12.1 Å². The van der Waals surface area contributed by atoms with Gasteiger partial charge in [0.2, 0.25) is 0 Å². The second-order valence-corrected chi connectivity index (χ2v) is 4.13. The van der Waals surface area contributed by atoms with E-state index in [9.17, 15) is 9.59 Å². The molecule has 0 unspecified atom stereocenters. The molecule has 0 aliphatic heterocycles. The lowest BCUT2D eigenvalue weighted by molar-refractivity contribution is 0.0593. The number of ether oxygens (including phenoxy) is 2. The fourth-order valence-electron chi connectivity index (χ4n) is 1.45. The Bertz CT molecular complexity index is 657. The van der Waals surface area contributed by atoms with E-state index in [0.29, 0.717) is 5.02 Å². The molecule has 0 aliphatic rings. The van der Waals surface area contributed by atoms with Crippen LogP contribution in [0, 0.1) is 0 Å². The molecule has 0 atom stereocenters. The highest BCUT2D eigenvalue weighted by atomic mass is 35.5. The van der Waals surface area contributed by atoms with Gasteiger partial charge in [-0.25, -0.2) is 14.6 Å². The van der Waals surface area contributed by atoms with Crippen molar-refractivity contribution in [3.8, 4) is 5.75 Å². The van der Waals surface area contributed by atoms with E-state index in [1.54, 1.807) is 24.3 Å². The summed E-state index contributed by atoms with van der Waals surface area (Å²) in [6.45, 7) is 0. The summed E-state index contributed by atoms with van der Waals surface area (Å²) in [5.74, 6) is -1.11. The third-order valence-electron chi connectivity index (χ3n) is 2.39. The number of esters is 2. The molecular weight excluding hydrogens is 282 g/mol. The van der Waals surface area contributed by atoms with Crippen molar-refractivity contribution in [2.45, 2.75) is 0 Å². The number of hydrogen-bond donors (Lipinski definition) is 0. The average Bonchev–Trinajstić information content (AvgIpc) is 2.49. The molecule has 2 aromatic rings. The monoisotopic (exact) mass is 291 g/mol. The van der Waals surface area contributed by atoms with E-state index in [0.717, 1.165) is 0 Å². The van der Waals surface area contributed by atoms with Crippen molar-refractivity contribution in [2.75, 3.05) is 7.11 Å². The minimum absolute atomic E-state index is 0.00665. The Kier molecular flexibility index (Phi) is 4.32. The van der Waals surface area contributed by atoms with E-state index in [1.165, 1.54) is 25.3 Å². The predicted molar refractivity (Wildman–Crippen MR) is 72.0 cm³/mol. The molecule has 0 aliphatic carbocycles. The molecule has 20 heavy (non-hydrogen) atoms. The van der Waals surface area contributed by atoms with Gasteiger partial charge in [0.15, 0.2) is 0 Å². The first-order chi connectivity index (χ1) is 9.61. The fourth-order valence-corrected chi connectivity index (χ4v) is 1.62. The Morgan fingerprint density at radius 2 is 1.65 bits per heavy atom. The molecule has 0 N–H and O–H groups in total. The Hall–Kier alpha value is -2.40. The van der Waals surface area contributed by atoms with Crippen LogP contribution in [-0.4, -0.2) is 24.0 Å². The zero-order chi connectivity index (χ0) is 14.5. The first-order valence-electron chi connectivity index (χ1n) is 5.64. The Morgan fingerprint density at radius 3 is 2.30 bits per heavy atom. The van der Waals surface area contributed by atoms with Crippen molar-refractivity contribution in [2.24, 2.45) is 0 Å². The molecule has 0 spiro atoms. The number of pyridine rings is 1. The molecule has 1 aromatic heterocycles. The van der Waals surface area contributed by atoms with E-state index in [-0.39, 0.29) is 17.1 Å². The second-order valence-electron chi connectivity index (χ2n) is 3.72. The number of para-hydroxylation sites is 1. The molecule has 1 aromatic carbocycles. The van der Waals surface area contributed by atoms with Crippen molar-refractivity contribution >= 4 is 23.5 Å². The smallest absolute Gasteiger partial charge is 0.362 e. The molecule has 5 nitrogen and oxygen atoms in total. The highest BCUT2D eigenvalue weighted by Crippen LogP contribution is 2.23. The predicted octanol–water partition coefficient (Wildman–Crippen LogP) is 2.74. The second kappa shape index (κ2) is 6.16. The largest absolute Gasteiger partial charge is 0.464 e. The van der Waals surface area contributed by atoms with E-state index >= 15 is 0 Å². The summed E-state index contributed by atoms with van der Waals surface area (Å²) in [6, 6.07) is 11.0. The van der Waals surface area contributed by atoms with Crippen LogP contribution in [-0.2, 0) is 4.74 Å². The Labute approximate surface area is 120 Å². The van der Waals surface area contributed by atoms with Gasteiger partial charge in [-0.15, -0.1) is 0 Å². The highest BCUT2D eigenvalue weighted by molar-refractivity contribution is 6.32. The number of benzene rings is 1. The molecule has 0 saturated heterocycles. The van der Waals surface area contributed by atoms with Crippen LogP contribution in [0.5, 0.6) is 5.75 Å². The summed E-state index contributed by atoms with van der Waals surface area (Å²) >= 11 is 5.89. The summed E-state index contributed by atoms with van der Waals surface area (Å²) in [4.78, 5) is 27.2. The third-order valence-corrected chi connectivity index (χ3v) is 2.70. The Balaban J connectivity index is 2.22. The maximum absolute atomic E-state index is 11.9. The van der Waals surface area contributed by atoms with Crippen molar-refractivity contribution in [1.82, 2.24) is 4.98 Å². The minimum Gasteiger partial charge on any atom is -0.464 e. The van der Waals surface area contributed by atoms with Crippen LogP contribution in [0.15, 0.2) is 42.5 Å². The zero-order valence-corrected chi connectivity index (χ0v) is 11.3. The van der Waals surface area contributed by atoms with Crippen LogP contribution in [0.3, 0.4) is 0 Å². The number of rotatable bonds is 3. The quantitative estimate of drug-likeness (QED) is 0.642. The third kappa shape index (κ3) is 3.13. The number of nitrogens with zero attached hydrogens (tertiary/aromatic N) is 1. The molecule has 1 heterocycles. The van der Waals surface area contributed by atoms with Crippen molar-refractivity contribution in [3.63, 3.8) is 0 Å². The average molecular weight is 292 g/mol. The van der Waals surface area contributed by atoms with Crippen LogP contribution in [0.1, 0.15) is 21.0 Å². The number of methoxy groups -OCH3 is 1. The van der Waals surface area contributed by atoms with Gasteiger partial charge in [0, 0.05) is 0 Å². The lowest BCUT2D eigenvalue weighted by atomic mass is 10.3. The number of hydrogen-bond acceptors (Lipinski definition) is 5. The number of carbonyl (C=O) groups excluding carboxylic acids is 2. The van der Waals surface area contributed by atoms with Crippen LogP contribution < -0.4 is 4.74 Å². The van der Waals surface area contributed by atoms with Crippen molar-refractivity contribution in [1.29, 1.82) is 0 Å². The van der Waals surface area contributed by atoms with Crippen LogP contribution in [0.2, 0.25) is 5.02 Å². The first-order valence-corrected chi connectivity index (χ1v) is 6.01. The van der Waals surface area contributed by atoms with E-state index < -0.39 is 11.9 Å². The first kappa shape index (κ1) is 14.0. The van der Waals surface area contributed by atoms with Gasteiger partial charge in [0.1, 0.15) is 17.1 Å². The summed E-state index contributed by atoms with van der Waals surface area (Å²) in [6.07, 6.45) is 0. The van der Waals surface area contributed by atoms with Crippen LogP contribution >= 0.6 is 11.6 Å². The summed E-state index contributed by atoms with van der Waals surface area (Å²) < 4.78 is 9.65. The minimum atomic E-state index is -0.705. The maximum Gasteiger partial charge on any atom is 0.362 e. The van der Waals surface area contributed by atoms with E-state index in [1.807, 2.05) is 0 Å². The molecular formula is C14H10ClNO4. The molecule has 0 bridgehead atoms. The number of halogens is 1. The van der Waals surface area contributed by atoms with Gasteiger partial charge in [-0.2, -0.15) is 0 Å². The van der Waals surface area contributed by atoms with Gasteiger partial charge < -0.3 is 9.47 Å². The van der Waals surface area contributed by atoms with Crippen molar-refractivity contribution < 1.29 is 19.1 Å². The Morgan fingerprint density at radius 1 is 1.00 bits per heavy atom. The fraction of sp³-hybridized carbons (Fsp3) is 0.0714. The molecule has 6 heteroatoms. The lowest BCUT2D eigenvalue weighted by Crippen LogP contribution is -2.13. The SMILES string of the molecule is COC(=O)c1cccc(C(=O)Oc2ccccc2Cl)n1.